The van der Waals surface area contributed by atoms with Crippen molar-refractivity contribution >= 4 is 47.9 Å². The summed E-state index contributed by atoms with van der Waals surface area (Å²) in [5.41, 5.74) is 1.38. The molecule has 2 atom stereocenters. The lowest BCUT2D eigenvalue weighted by Crippen LogP contribution is -2.19. The second-order valence-electron chi connectivity index (χ2n) is 8.08. The van der Waals surface area contributed by atoms with Crippen molar-refractivity contribution in [1.29, 1.82) is 0 Å². The zero-order valence-electron chi connectivity index (χ0n) is 18.7. The maximum absolute atomic E-state index is 11.5. The molecule has 172 valence electrons. The van der Waals surface area contributed by atoms with Gasteiger partial charge in [-0.2, -0.15) is 23.5 Å². The van der Waals surface area contributed by atoms with Gasteiger partial charge in [-0.25, -0.2) is 9.59 Å². The van der Waals surface area contributed by atoms with Crippen LogP contribution < -0.4 is 0 Å². The average Bonchev–Trinajstić information content (AvgIpc) is 2.68. The molecule has 0 bridgehead atoms. The molecular weight excluding hydrogens is 436 g/mol. The second-order valence-corrected chi connectivity index (χ2v) is 10.1. The van der Waals surface area contributed by atoms with Gasteiger partial charge in [0.25, 0.3) is 0 Å². The number of carboxylic acid groups (broad SMARTS) is 2. The molecule has 0 spiro atoms. The molecule has 0 aromatic heterocycles. The van der Waals surface area contributed by atoms with Crippen LogP contribution in [0.5, 0.6) is 5.75 Å². The van der Waals surface area contributed by atoms with Gasteiger partial charge in [0.1, 0.15) is 17.8 Å². The van der Waals surface area contributed by atoms with Crippen molar-refractivity contribution in [3.05, 3.63) is 28.8 Å². The van der Waals surface area contributed by atoms with Gasteiger partial charge in [0.05, 0.1) is 0 Å². The van der Waals surface area contributed by atoms with E-state index in [0.717, 1.165) is 5.56 Å². The molecule has 0 heterocycles. The number of aromatic hydroxyl groups is 1. The Kier molecular flexibility index (Phi) is 11.1. The maximum Gasteiger partial charge on any atom is 0.328 e. The number of aliphatic imine (C=N–C) groups is 2. The standard InChI is InChI=1S/C22H32N2O5S2/c1-22(2,3)16-10-14(12-23-17(20(26)27)6-8-30-4)19(25)15(11-16)13-24-18(21(28)29)7-9-31-5/h10-13,17-18,25H,6-9H2,1-5H3,(H,26,27)(H,28,29)/t17-,18-/m0/s1. The lowest BCUT2D eigenvalue weighted by Gasteiger charge is -2.21. The van der Waals surface area contributed by atoms with Gasteiger partial charge in [-0.05, 0) is 60.0 Å². The topological polar surface area (TPSA) is 120 Å². The van der Waals surface area contributed by atoms with Gasteiger partial charge < -0.3 is 15.3 Å². The van der Waals surface area contributed by atoms with E-state index >= 15 is 0 Å². The highest BCUT2D eigenvalue weighted by atomic mass is 32.2. The lowest BCUT2D eigenvalue weighted by atomic mass is 9.85. The van der Waals surface area contributed by atoms with E-state index in [4.69, 9.17) is 0 Å². The smallest absolute Gasteiger partial charge is 0.328 e. The van der Waals surface area contributed by atoms with E-state index in [0.29, 0.717) is 35.5 Å². The van der Waals surface area contributed by atoms with Crippen LogP contribution in [0.25, 0.3) is 0 Å². The minimum Gasteiger partial charge on any atom is -0.507 e. The highest BCUT2D eigenvalue weighted by Crippen LogP contribution is 2.30. The first kappa shape index (κ1) is 27.0. The van der Waals surface area contributed by atoms with Crippen LogP contribution >= 0.6 is 23.5 Å². The predicted molar refractivity (Wildman–Crippen MR) is 131 cm³/mol. The summed E-state index contributed by atoms with van der Waals surface area (Å²) in [6.45, 7) is 6.04. The molecule has 1 aromatic rings. The van der Waals surface area contributed by atoms with Crippen LogP contribution in [-0.4, -0.2) is 75.8 Å². The monoisotopic (exact) mass is 468 g/mol. The first-order valence-corrected chi connectivity index (χ1v) is 12.7. The third-order valence-corrected chi connectivity index (χ3v) is 5.87. The molecule has 0 radical (unpaired) electrons. The Morgan fingerprint density at radius 3 is 1.61 bits per heavy atom. The number of thioether (sulfide) groups is 2. The molecule has 1 aromatic carbocycles. The lowest BCUT2D eigenvalue weighted by molar-refractivity contribution is -0.139. The van der Waals surface area contributed by atoms with Gasteiger partial charge in [0.15, 0.2) is 0 Å². The molecule has 31 heavy (non-hydrogen) atoms. The summed E-state index contributed by atoms with van der Waals surface area (Å²) in [6.07, 6.45) is 7.33. The summed E-state index contributed by atoms with van der Waals surface area (Å²) in [4.78, 5) is 31.3. The first-order valence-electron chi connectivity index (χ1n) is 9.88. The van der Waals surface area contributed by atoms with E-state index in [9.17, 15) is 24.9 Å². The summed E-state index contributed by atoms with van der Waals surface area (Å²) in [5, 5.41) is 29.5. The van der Waals surface area contributed by atoms with Gasteiger partial charge >= 0.3 is 11.9 Å². The molecule has 0 unspecified atom stereocenters. The maximum atomic E-state index is 11.5. The third-order valence-electron chi connectivity index (χ3n) is 4.58. The van der Waals surface area contributed by atoms with Crippen LogP contribution in [-0.2, 0) is 15.0 Å². The summed E-state index contributed by atoms with van der Waals surface area (Å²) in [5.74, 6) is -0.823. The molecule has 0 aliphatic carbocycles. The van der Waals surface area contributed by atoms with Gasteiger partial charge in [0, 0.05) is 23.6 Å². The Labute approximate surface area is 192 Å². The van der Waals surface area contributed by atoms with E-state index in [1.807, 2.05) is 33.3 Å². The van der Waals surface area contributed by atoms with Crippen LogP contribution in [0.3, 0.4) is 0 Å². The zero-order valence-corrected chi connectivity index (χ0v) is 20.3. The van der Waals surface area contributed by atoms with Gasteiger partial charge in [-0.1, -0.05) is 20.8 Å². The van der Waals surface area contributed by atoms with E-state index < -0.39 is 24.0 Å². The number of carboxylic acids is 2. The quantitative estimate of drug-likeness (QED) is 0.397. The Balaban J connectivity index is 3.37. The Hall–Kier alpha value is -2.00. The van der Waals surface area contributed by atoms with E-state index in [2.05, 4.69) is 9.98 Å². The van der Waals surface area contributed by atoms with Crippen LogP contribution in [0.2, 0.25) is 0 Å². The fraction of sp³-hybridized carbons (Fsp3) is 0.545. The molecular formula is C22H32N2O5S2. The number of hydrogen-bond acceptors (Lipinski definition) is 7. The molecule has 0 aliphatic rings. The van der Waals surface area contributed by atoms with Gasteiger partial charge in [-0.3, -0.25) is 9.98 Å². The highest BCUT2D eigenvalue weighted by molar-refractivity contribution is 7.98. The minimum atomic E-state index is -1.02. The number of hydrogen-bond donors (Lipinski definition) is 3. The van der Waals surface area contributed by atoms with Crippen molar-refractivity contribution < 1.29 is 24.9 Å². The molecule has 0 saturated carbocycles. The van der Waals surface area contributed by atoms with Crippen molar-refractivity contribution in [2.45, 2.75) is 51.1 Å². The van der Waals surface area contributed by atoms with Crippen LogP contribution in [0.1, 0.15) is 50.3 Å². The largest absolute Gasteiger partial charge is 0.507 e. The fourth-order valence-corrected chi connectivity index (χ4v) is 3.55. The van der Waals surface area contributed by atoms with E-state index in [1.165, 1.54) is 12.4 Å². The summed E-state index contributed by atoms with van der Waals surface area (Å²) in [7, 11) is 0. The van der Waals surface area contributed by atoms with Crippen LogP contribution in [0.4, 0.5) is 0 Å². The molecule has 0 amide bonds. The average molecular weight is 469 g/mol. The molecule has 7 nitrogen and oxygen atoms in total. The number of carbonyl (C=O) groups is 2. The normalized spacial score (nSPS) is 14.2. The van der Waals surface area contributed by atoms with Gasteiger partial charge in [-0.15, -0.1) is 0 Å². The number of nitrogens with zero attached hydrogens (tertiary/aromatic N) is 2. The van der Waals surface area contributed by atoms with Crippen molar-refractivity contribution in [3.8, 4) is 5.75 Å². The third kappa shape index (κ3) is 8.95. The Morgan fingerprint density at radius 2 is 1.32 bits per heavy atom. The second kappa shape index (κ2) is 12.8. The number of phenolic OH excluding ortho intramolecular Hbond substituents is 1. The molecule has 0 aliphatic heterocycles. The zero-order chi connectivity index (χ0) is 23.6. The number of benzene rings is 1. The van der Waals surface area contributed by atoms with Crippen LogP contribution in [0.15, 0.2) is 22.1 Å². The van der Waals surface area contributed by atoms with Gasteiger partial charge in [0.2, 0.25) is 0 Å². The first-order chi connectivity index (χ1) is 14.5. The predicted octanol–water partition coefficient (Wildman–Crippen LogP) is 3.94. The minimum absolute atomic E-state index is 0.108. The number of rotatable bonds is 12. The molecule has 9 heteroatoms. The molecule has 1 rings (SSSR count). The highest BCUT2D eigenvalue weighted by Gasteiger charge is 2.20. The van der Waals surface area contributed by atoms with Crippen molar-refractivity contribution in [3.63, 3.8) is 0 Å². The fourth-order valence-electron chi connectivity index (χ4n) is 2.63. The van der Waals surface area contributed by atoms with Crippen LogP contribution in [0, 0.1) is 0 Å². The Bertz CT molecular complexity index is 762. The molecule has 0 saturated heterocycles. The summed E-state index contributed by atoms with van der Waals surface area (Å²) in [6, 6.07) is 1.74. The van der Waals surface area contributed by atoms with Crippen molar-refractivity contribution in [2.75, 3.05) is 24.0 Å². The SMILES string of the molecule is CSCC[C@H](N=Cc1cc(C(C)(C)C)cc(C=N[C@@H](CCSC)C(=O)O)c1O)C(=O)O. The molecule has 3 N–H and O–H groups in total. The Morgan fingerprint density at radius 1 is 0.935 bits per heavy atom. The number of phenols is 1. The van der Waals surface area contributed by atoms with E-state index in [1.54, 1.807) is 35.7 Å². The summed E-state index contributed by atoms with van der Waals surface area (Å²) < 4.78 is 0. The van der Waals surface area contributed by atoms with E-state index in [-0.39, 0.29) is 11.2 Å². The van der Waals surface area contributed by atoms with Crippen molar-refractivity contribution in [2.24, 2.45) is 9.98 Å². The summed E-state index contributed by atoms with van der Waals surface area (Å²) >= 11 is 3.09. The number of aliphatic carboxylic acids is 2. The van der Waals surface area contributed by atoms with Crippen molar-refractivity contribution in [1.82, 2.24) is 0 Å². The molecule has 0 fully saturated rings.